The van der Waals surface area contributed by atoms with Gasteiger partial charge in [0, 0.05) is 19.9 Å². The number of aryl methyl sites for hydroxylation is 1. The maximum Gasteiger partial charge on any atom is 0.230 e. The maximum atomic E-state index is 11.4. The first-order valence-corrected chi connectivity index (χ1v) is 5.70. The van der Waals surface area contributed by atoms with Gasteiger partial charge >= 0.3 is 0 Å². The fraction of sp³-hybridized carbons (Fsp3) is 0.385. The second-order valence-electron chi connectivity index (χ2n) is 4.40. The summed E-state index contributed by atoms with van der Waals surface area (Å²) < 4.78 is 0. The van der Waals surface area contributed by atoms with Crippen LogP contribution in [0.2, 0.25) is 0 Å². The van der Waals surface area contributed by atoms with E-state index in [1.54, 1.807) is 6.07 Å². The topological polar surface area (TPSA) is 63.4 Å². The van der Waals surface area contributed by atoms with E-state index in [9.17, 15) is 9.59 Å². The molecule has 2 N–H and O–H groups in total. The molecular formula is C13H16N2O2. The molecular weight excluding hydrogens is 216 g/mol. The Bertz CT molecular complexity index is 468. The van der Waals surface area contributed by atoms with Gasteiger partial charge in [0.05, 0.1) is 5.69 Å². The highest BCUT2D eigenvalue weighted by atomic mass is 16.2. The molecule has 0 saturated carbocycles. The van der Waals surface area contributed by atoms with E-state index in [1.807, 2.05) is 12.1 Å². The average molecular weight is 232 g/mol. The number of benzene rings is 1. The molecule has 17 heavy (non-hydrogen) atoms. The SMILES string of the molecule is CC(=O)N(C(C)=O)c1ccc2c(c1)C(N)CC2. The van der Waals surface area contributed by atoms with E-state index >= 15 is 0 Å². The van der Waals surface area contributed by atoms with Gasteiger partial charge in [0.2, 0.25) is 11.8 Å². The van der Waals surface area contributed by atoms with Crippen molar-refractivity contribution in [2.24, 2.45) is 5.73 Å². The zero-order valence-corrected chi connectivity index (χ0v) is 10.1. The van der Waals surface area contributed by atoms with Gasteiger partial charge in [0.1, 0.15) is 0 Å². The van der Waals surface area contributed by atoms with Crippen LogP contribution in [0.25, 0.3) is 0 Å². The lowest BCUT2D eigenvalue weighted by Crippen LogP contribution is -2.33. The molecule has 0 saturated heterocycles. The molecule has 4 nitrogen and oxygen atoms in total. The molecule has 0 aliphatic heterocycles. The molecule has 0 heterocycles. The summed E-state index contributed by atoms with van der Waals surface area (Å²) >= 11 is 0. The summed E-state index contributed by atoms with van der Waals surface area (Å²) in [7, 11) is 0. The van der Waals surface area contributed by atoms with Crippen LogP contribution in [0.1, 0.15) is 37.4 Å². The summed E-state index contributed by atoms with van der Waals surface area (Å²) in [4.78, 5) is 24.1. The Balaban J connectivity index is 2.43. The molecule has 0 spiro atoms. The van der Waals surface area contributed by atoms with Gasteiger partial charge in [0.15, 0.2) is 0 Å². The quantitative estimate of drug-likeness (QED) is 0.798. The monoisotopic (exact) mass is 232 g/mol. The number of hydrogen-bond acceptors (Lipinski definition) is 3. The van der Waals surface area contributed by atoms with Gasteiger partial charge in [-0.2, -0.15) is 0 Å². The lowest BCUT2D eigenvalue weighted by Gasteiger charge is -2.18. The number of amides is 2. The number of nitrogens with zero attached hydrogens (tertiary/aromatic N) is 1. The second-order valence-corrected chi connectivity index (χ2v) is 4.40. The smallest absolute Gasteiger partial charge is 0.230 e. The zero-order valence-electron chi connectivity index (χ0n) is 10.1. The fourth-order valence-electron chi connectivity index (χ4n) is 2.35. The summed E-state index contributed by atoms with van der Waals surface area (Å²) in [5.41, 5.74) is 8.86. The molecule has 0 bridgehead atoms. The maximum absolute atomic E-state index is 11.4. The molecule has 4 heteroatoms. The van der Waals surface area contributed by atoms with E-state index in [-0.39, 0.29) is 17.9 Å². The number of fused-ring (bicyclic) bond motifs is 1. The van der Waals surface area contributed by atoms with E-state index in [1.165, 1.54) is 24.3 Å². The van der Waals surface area contributed by atoms with Crippen LogP contribution in [0.5, 0.6) is 0 Å². The van der Waals surface area contributed by atoms with Crippen molar-refractivity contribution in [1.82, 2.24) is 0 Å². The molecule has 1 aromatic rings. The normalized spacial score (nSPS) is 17.7. The number of imide groups is 1. The summed E-state index contributed by atoms with van der Waals surface area (Å²) in [6.07, 6.45) is 1.90. The Morgan fingerprint density at radius 1 is 1.29 bits per heavy atom. The molecule has 1 aromatic carbocycles. The van der Waals surface area contributed by atoms with E-state index in [0.29, 0.717) is 5.69 Å². The number of carbonyl (C=O) groups is 2. The van der Waals surface area contributed by atoms with Gasteiger partial charge in [-0.1, -0.05) is 6.07 Å². The van der Waals surface area contributed by atoms with Crippen LogP contribution in [0.3, 0.4) is 0 Å². The molecule has 90 valence electrons. The van der Waals surface area contributed by atoms with E-state index in [0.717, 1.165) is 18.4 Å². The Morgan fingerprint density at radius 3 is 2.53 bits per heavy atom. The minimum Gasteiger partial charge on any atom is -0.324 e. The highest BCUT2D eigenvalue weighted by Gasteiger charge is 2.22. The predicted octanol–water partition coefficient (Wildman–Crippen LogP) is 1.53. The van der Waals surface area contributed by atoms with Gasteiger partial charge in [-0.05, 0) is 36.1 Å². The lowest BCUT2D eigenvalue weighted by atomic mass is 10.1. The van der Waals surface area contributed by atoms with Crippen molar-refractivity contribution >= 4 is 17.5 Å². The van der Waals surface area contributed by atoms with E-state index < -0.39 is 0 Å². The van der Waals surface area contributed by atoms with Crippen molar-refractivity contribution in [3.63, 3.8) is 0 Å². The molecule has 2 rings (SSSR count). The number of nitrogens with two attached hydrogens (primary N) is 1. The minimum atomic E-state index is -0.274. The van der Waals surface area contributed by atoms with Crippen molar-refractivity contribution in [2.75, 3.05) is 4.90 Å². The largest absolute Gasteiger partial charge is 0.324 e. The van der Waals surface area contributed by atoms with E-state index in [4.69, 9.17) is 5.73 Å². The van der Waals surface area contributed by atoms with Gasteiger partial charge in [-0.15, -0.1) is 0 Å². The predicted molar refractivity (Wildman–Crippen MR) is 65.5 cm³/mol. The van der Waals surface area contributed by atoms with Crippen LogP contribution < -0.4 is 10.6 Å². The van der Waals surface area contributed by atoms with Crippen molar-refractivity contribution < 1.29 is 9.59 Å². The van der Waals surface area contributed by atoms with Crippen LogP contribution in [-0.4, -0.2) is 11.8 Å². The minimum absolute atomic E-state index is 0.0192. The molecule has 0 fully saturated rings. The lowest BCUT2D eigenvalue weighted by molar-refractivity contribution is -0.124. The van der Waals surface area contributed by atoms with Crippen LogP contribution in [0, 0.1) is 0 Å². The highest BCUT2D eigenvalue weighted by molar-refractivity contribution is 6.13. The number of carbonyl (C=O) groups excluding carboxylic acids is 2. The van der Waals surface area contributed by atoms with Crippen molar-refractivity contribution in [1.29, 1.82) is 0 Å². The van der Waals surface area contributed by atoms with Gasteiger partial charge in [-0.25, -0.2) is 0 Å². The number of rotatable bonds is 1. The highest BCUT2D eigenvalue weighted by Crippen LogP contribution is 2.32. The number of anilines is 1. The third-order valence-corrected chi connectivity index (χ3v) is 3.14. The summed E-state index contributed by atoms with van der Waals surface area (Å²) in [5, 5.41) is 0. The first-order chi connectivity index (χ1) is 8.00. The van der Waals surface area contributed by atoms with Gasteiger partial charge < -0.3 is 5.73 Å². The average Bonchev–Trinajstić information content (AvgIpc) is 2.59. The van der Waals surface area contributed by atoms with E-state index in [2.05, 4.69) is 0 Å². The fourth-order valence-corrected chi connectivity index (χ4v) is 2.35. The Labute approximate surface area is 100 Å². The van der Waals surface area contributed by atoms with Gasteiger partial charge in [0.25, 0.3) is 0 Å². The Morgan fingerprint density at radius 2 is 1.94 bits per heavy atom. The van der Waals surface area contributed by atoms with Crippen molar-refractivity contribution in [3.05, 3.63) is 29.3 Å². The molecule has 0 aromatic heterocycles. The molecule has 2 amide bonds. The number of hydrogen-bond donors (Lipinski definition) is 1. The summed E-state index contributed by atoms with van der Waals surface area (Å²) in [6, 6.07) is 5.64. The molecule has 1 aliphatic carbocycles. The van der Waals surface area contributed by atoms with Crippen molar-refractivity contribution in [2.45, 2.75) is 32.7 Å². The molecule has 1 aliphatic rings. The standard InChI is InChI=1S/C13H16N2O2/c1-8(16)15(9(2)17)11-5-3-10-4-6-13(14)12(10)7-11/h3,5,7,13H,4,6,14H2,1-2H3. The first-order valence-electron chi connectivity index (χ1n) is 5.70. The van der Waals surface area contributed by atoms with Crippen LogP contribution in [-0.2, 0) is 16.0 Å². The molecule has 1 atom stereocenters. The zero-order chi connectivity index (χ0) is 12.6. The van der Waals surface area contributed by atoms with Crippen molar-refractivity contribution in [3.8, 4) is 0 Å². The molecule has 1 unspecified atom stereocenters. The Hall–Kier alpha value is -1.68. The van der Waals surface area contributed by atoms with Crippen LogP contribution >= 0.6 is 0 Å². The second kappa shape index (κ2) is 4.30. The van der Waals surface area contributed by atoms with Crippen LogP contribution in [0.15, 0.2) is 18.2 Å². The molecule has 0 radical (unpaired) electrons. The Kier molecular flexibility index (Phi) is 2.98. The summed E-state index contributed by atoms with van der Waals surface area (Å²) in [5.74, 6) is -0.548. The van der Waals surface area contributed by atoms with Gasteiger partial charge in [-0.3, -0.25) is 14.5 Å². The summed E-state index contributed by atoms with van der Waals surface area (Å²) in [6.45, 7) is 2.77. The third-order valence-electron chi connectivity index (χ3n) is 3.14. The third kappa shape index (κ3) is 2.08. The first kappa shape index (κ1) is 11.8. The van der Waals surface area contributed by atoms with Crippen LogP contribution in [0.4, 0.5) is 5.69 Å².